The molecule has 5 heteroatoms. The normalized spacial score (nSPS) is 9.30. The molecule has 0 bridgehead atoms. The average molecular weight is 327 g/mol. The molecule has 0 amide bonds. The van der Waals surface area contributed by atoms with Crippen molar-refractivity contribution in [3.8, 4) is 0 Å². The molecule has 0 aromatic carbocycles. The summed E-state index contributed by atoms with van der Waals surface area (Å²) >= 11 is 0. The van der Waals surface area contributed by atoms with E-state index in [-0.39, 0.29) is 0 Å². The standard InChI is InChI=1S/C10H23NO.C3H8S2.C2H7N/c1-3-5-6-7-8-11-9-10-12-4-2;1-3-5-4-2;1-2-3/h11H,3-10H2,1-2H3;3H2,1-2H3;2-3H2,1H3. The third-order valence-electron chi connectivity index (χ3n) is 2.07. The molecule has 0 aliphatic rings. The van der Waals surface area contributed by atoms with Crippen LogP contribution in [-0.2, 0) is 4.74 Å². The summed E-state index contributed by atoms with van der Waals surface area (Å²) in [7, 11) is 3.70. The van der Waals surface area contributed by atoms with Gasteiger partial charge in [0, 0.05) is 18.9 Å². The van der Waals surface area contributed by atoms with Crippen molar-refractivity contribution in [2.24, 2.45) is 5.73 Å². The Kier molecular flexibility index (Phi) is 40.6. The van der Waals surface area contributed by atoms with E-state index in [0.717, 1.165) is 32.8 Å². The zero-order valence-corrected chi connectivity index (χ0v) is 16.0. The quantitative estimate of drug-likeness (QED) is 0.441. The second kappa shape index (κ2) is 31.8. The lowest BCUT2D eigenvalue weighted by Gasteiger charge is -2.03. The van der Waals surface area contributed by atoms with Gasteiger partial charge in [-0.15, -0.1) is 0 Å². The molecule has 0 saturated heterocycles. The molecule has 0 atom stereocenters. The summed E-state index contributed by atoms with van der Waals surface area (Å²) in [5, 5.41) is 3.35. The van der Waals surface area contributed by atoms with Gasteiger partial charge in [0.2, 0.25) is 0 Å². The predicted octanol–water partition coefficient (Wildman–Crippen LogP) is 4.18. The molecule has 0 saturated carbocycles. The van der Waals surface area contributed by atoms with Crippen LogP contribution < -0.4 is 11.1 Å². The van der Waals surface area contributed by atoms with Gasteiger partial charge in [-0.25, -0.2) is 0 Å². The molecule has 0 unspecified atom stereocenters. The van der Waals surface area contributed by atoms with E-state index in [1.807, 2.05) is 35.4 Å². The molecular formula is C15H38N2OS2. The highest BCUT2D eigenvalue weighted by atomic mass is 33.1. The summed E-state index contributed by atoms with van der Waals surface area (Å²) in [5.74, 6) is 1.22. The van der Waals surface area contributed by atoms with Gasteiger partial charge in [-0.3, -0.25) is 0 Å². The summed E-state index contributed by atoms with van der Waals surface area (Å²) in [6.07, 6.45) is 7.44. The van der Waals surface area contributed by atoms with Crippen molar-refractivity contribution in [3.05, 3.63) is 0 Å². The van der Waals surface area contributed by atoms with E-state index in [2.05, 4.69) is 25.4 Å². The highest BCUT2D eigenvalue weighted by molar-refractivity contribution is 8.76. The highest BCUT2D eigenvalue weighted by Gasteiger charge is 1.88. The number of nitrogens with two attached hydrogens (primary N) is 1. The Morgan fingerprint density at radius 2 is 1.65 bits per heavy atom. The van der Waals surface area contributed by atoms with E-state index in [1.165, 1.54) is 31.4 Å². The lowest BCUT2D eigenvalue weighted by molar-refractivity contribution is 0.149. The van der Waals surface area contributed by atoms with Gasteiger partial charge in [-0.1, -0.05) is 61.6 Å². The zero-order valence-electron chi connectivity index (χ0n) is 14.4. The Bertz CT molecular complexity index is 118. The monoisotopic (exact) mass is 326 g/mol. The molecule has 126 valence electrons. The molecule has 0 fully saturated rings. The fourth-order valence-corrected chi connectivity index (χ4v) is 2.15. The van der Waals surface area contributed by atoms with Gasteiger partial charge >= 0.3 is 0 Å². The summed E-state index contributed by atoms with van der Waals surface area (Å²) in [6, 6.07) is 0. The van der Waals surface area contributed by atoms with Crippen LogP contribution in [0.5, 0.6) is 0 Å². The van der Waals surface area contributed by atoms with Crippen molar-refractivity contribution in [1.29, 1.82) is 0 Å². The van der Waals surface area contributed by atoms with Crippen LogP contribution in [0.3, 0.4) is 0 Å². The lowest BCUT2D eigenvalue weighted by atomic mass is 10.2. The third-order valence-corrected chi connectivity index (χ3v) is 3.96. The number of rotatable bonds is 11. The van der Waals surface area contributed by atoms with E-state index in [1.54, 1.807) is 0 Å². The number of nitrogens with one attached hydrogen (secondary N) is 1. The van der Waals surface area contributed by atoms with Gasteiger partial charge < -0.3 is 15.8 Å². The minimum atomic E-state index is 0.750. The van der Waals surface area contributed by atoms with Crippen LogP contribution in [0.2, 0.25) is 0 Å². The number of hydrogen-bond acceptors (Lipinski definition) is 5. The smallest absolute Gasteiger partial charge is 0.0590 e. The van der Waals surface area contributed by atoms with Crippen molar-refractivity contribution >= 4 is 21.6 Å². The molecular weight excluding hydrogens is 288 g/mol. The first-order valence-electron chi connectivity index (χ1n) is 7.88. The van der Waals surface area contributed by atoms with E-state index >= 15 is 0 Å². The fraction of sp³-hybridized carbons (Fsp3) is 1.00. The first-order chi connectivity index (χ1) is 9.74. The first kappa shape index (κ1) is 25.5. The molecule has 0 spiro atoms. The van der Waals surface area contributed by atoms with Gasteiger partial charge in [0.15, 0.2) is 0 Å². The van der Waals surface area contributed by atoms with Crippen LogP contribution in [0, 0.1) is 0 Å². The second-order valence-electron chi connectivity index (χ2n) is 3.99. The van der Waals surface area contributed by atoms with Crippen molar-refractivity contribution in [2.45, 2.75) is 53.4 Å². The van der Waals surface area contributed by atoms with E-state index in [9.17, 15) is 0 Å². The van der Waals surface area contributed by atoms with Crippen LogP contribution in [-0.4, -0.2) is 44.9 Å². The summed E-state index contributed by atoms with van der Waals surface area (Å²) < 4.78 is 5.20. The molecule has 3 N–H and O–H groups in total. The molecule has 0 rings (SSSR count). The predicted molar refractivity (Wildman–Crippen MR) is 99.9 cm³/mol. The number of hydrogen-bond donors (Lipinski definition) is 2. The van der Waals surface area contributed by atoms with E-state index in [4.69, 9.17) is 10.5 Å². The van der Waals surface area contributed by atoms with E-state index < -0.39 is 0 Å². The fourth-order valence-electron chi connectivity index (χ4n) is 1.21. The molecule has 3 nitrogen and oxygen atoms in total. The number of ether oxygens (including phenoxy) is 1. The topological polar surface area (TPSA) is 47.3 Å². The Balaban J connectivity index is -0.000000299. The van der Waals surface area contributed by atoms with Crippen molar-refractivity contribution in [2.75, 3.05) is 44.9 Å². The Morgan fingerprint density at radius 1 is 1.00 bits per heavy atom. The Labute approximate surface area is 136 Å². The minimum Gasteiger partial charge on any atom is -0.380 e. The highest BCUT2D eigenvalue weighted by Crippen LogP contribution is 2.14. The SMILES string of the molecule is CCCCCCNCCOCC.CCN.CCSSC. The summed E-state index contributed by atoms with van der Waals surface area (Å²) in [6.45, 7) is 12.9. The van der Waals surface area contributed by atoms with Crippen LogP contribution in [0.4, 0.5) is 0 Å². The number of unbranched alkanes of at least 4 members (excludes halogenated alkanes) is 3. The lowest BCUT2D eigenvalue weighted by Crippen LogP contribution is -2.20. The second-order valence-corrected chi connectivity index (χ2v) is 6.84. The van der Waals surface area contributed by atoms with E-state index in [0.29, 0.717) is 0 Å². The average Bonchev–Trinajstić information content (AvgIpc) is 2.44. The van der Waals surface area contributed by atoms with Crippen LogP contribution in [0.25, 0.3) is 0 Å². The van der Waals surface area contributed by atoms with Gasteiger partial charge in [0.1, 0.15) is 0 Å². The summed E-state index contributed by atoms with van der Waals surface area (Å²) in [5.41, 5.74) is 4.85. The third kappa shape index (κ3) is 42.8. The first-order valence-corrected chi connectivity index (χ1v) is 10.6. The van der Waals surface area contributed by atoms with Gasteiger partial charge in [0.25, 0.3) is 0 Å². The van der Waals surface area contributed by atoms with Crippen LogP contribution >= 0.6 is 21.6 Å². The molecule has 0 aromatic rings. The van der Waals surface area contributed by atoms with Gasteiger partial charge in [-0.2, -0.15) is 0 Å². The summed E-state index contributed by atoms with van der Waals surface area (Å²) in [4.78, 5) is 0. The zero-order chi connectivity index (χ0) is 15.9. The Hall–Kier alpha value is 0.580. The minimum absolute atomic E-state index is 0.750. The maximum absolute atomic E-state index is 5.20. The van der Waals surface area contributed by atoms with Crippen LogP contribution in [0.15, 0.2) is 0 Å². The van der Waals surface area contributed by atoms with Crippen molar-refractivity contribution in [3.63, 3.8) is 0 Å². The molecule has 20 heavy (non-hydrogen) atoms. The largest absolute Gasteiger partial charge is 0.380 e. The van der Waals surface area contributed by atoms with Crippen molar-refractivity contribution < 1.29 is 4.74 Å². The molecule has 0 aliphatic carbocycles. The van der Waals surface area contributed by atoms with Gasteiger partial charge in [-0.05, 0) is 32.7 Å². The maximum atomic E-state index is 5.20. The molecule has 0 aliphatic heterocycles. The van der Waals surface area contributed by atoms with Crippen LogP contribution in [0.1, 0.15) is 53.4 Å². The molecule has 0 radical (unpaired) electrons. The van der Waals surface area contributed by atoms with Gasteiger partial charge in [0.05, 0.1) is 6.61 Å². The van der Waals surface area contributed by atoms with Crippen molar-refractivity contribution in [1.82, 2.24) is 5.32 Å². The Morgan fingerprint density at radius 3 is 2.05 bits per heavy atom. The molecule has 0 aromatic heterocycles. The maximum Gasteiger partial charge on any atom is 0.0590 e. The molecule has 0 heterocycles.